The van der Waals surface area contributed by atoms with E-state index in [2.05, 4.69) is 9.97 Å². The zero-order valence-electron chi connectivity index (χ0n) is 16.1. The summed E-state index contributed by atoms with van der Waals surface area (Å²) in [7, 11) is -3.88. The van der Waals surface area contributed by atoms with E-state index in [0.29, 0.717) is 36.0 Å². The number of ketones is 1. The highest BCUT2D eigenvalue weighted by atomic mass is 32.2. The average molecular weight is 410 g/mol. The molecule has 0 aliphatic carbocycles. The number of carbonyl (C=O) groups is 1. The van der Waals surface area contributed by atoms with Crippen LogP contribution in [0.5, 0.6) is 5.75 Å². The van der Waals surface area contributed by atoms with Crippen LogP contribution in [0.2, 0.25) is 0 Å². The normalized spacial score (nSPS) is 11.2. The molecule has 1 heterocycles. The van der Waals surface area contributed by atoms with Crippen molar-refractivity contribution >= 4 is 15.9 Å². The monoisotopic (exact) mass is 410 g/mol. The van der Waals surface area contributed by atoms with Crippen LogP contribution in [0.1, 0.15) is 30.9 Å². The Morgan fingerprint density at radius 1 is 1.00 bits per heavy atom. The molecule has 1 aromatic heterocycles. The molecule has 29 heavy (non-hydrogen) atoms. The lowest BCUT2D eigenvalue weighted by atomic mass is 10.0. The van der Waals surface area contributed by atoms with Crippen molar-refractivity contribution < 1.29 is 17.4 Å². The number of aromatic nitrogens is 2. The van der Waals surface area contributed by atoms with E-state index in [4.69, 9.17) is 4.18 Å². The molecule has 0 spiro atoms. The quantitative estimate of drug-likeness (QED) is 0.496. The lowest BCUT2D eigenvalue weighted by Gasteiger charge is -2.12. The summed E-state index contributed by atoms with van der Waals surface area (Å²) in [5, 5.41) is 0. The largest absolute Gasteiger partial charge is 0.382 e. The smallest absolute Gasteiger partial charge is 0.313 e. The molecule has 0 saturated heterocycles. The van der Waals surface area contributed by atoms with Crippen LogP contribution in [-0.2, 0) is 27.1 Å². The minimum atomic E-state index is -3.88. The van der Waals surface area contributed by atoms with Gasteiger partial charge in [0.15, 0.2) is 5.75 Å². The van der Waals surface area contributed by atoms with Crippen LogP contribution in [0.15, 0.2) is 67.3 Å². The molecule has 0 bridgehead atoms. The highest BCUT2D eigenvalue weighted by molar-refractivity contribution is 7.86. The van der Waals surface area contributed by atoms with E-state index in [0.717, 1.165) is 5.56 Å². The van der Waals surface area contributed by atoms with E-state index < -0.39 is 10.1 Å². The van der Waals surface area contributed by atoms with E-state index in [9.17, 15) is 13.2 Å². The number of rotatable bonds is 9. The molecule has 0 atom stereocenters. The molecule has 0 amide bonds. The number of nitrogens with zero attached hydrogens (tertiary/aromatic N) is 2. The maximum absolute atomic E-state index is 12.7. The van der Waals surface area contributed by atoms with Gasteiger partial charge < -0.3 is 4.18 Å². The Labute approximate surface area is 170 Å². The van der Waals surface area contributed by atoms with Crippen molar-refractivity contribution in [1.82, 2.24) is 9.97 Å². The van der Waals surface area contributed by atoms with Gasteiger partial charge in [0, 0.05) is 36.4 Å². The molecule has 6 nitrogen and oxygen atoms in total. The van der Waals surface area contributed by atoms with Gasteiger partial charge in [-0.15, -0.1) is 0 Å². The van der Waals surface area contributed by atoms with Gasteiger partial charge in [0.2, 0.25) is 0 Å². The fourth-order valence-corrected chi connectivity index (χ4v) is 3.99. The molecule has 7 heteroatoms. The Hall–Kier alpha value is -3.06. The number of aryl methyl sites for hydroxylation is 1. The summed E-state index contributed by atoms with van der Waals surface area (Å²) in [6.07, 6.45) is 6.16. The Bertz CT molecular complexity index is 1080. The standard InChI is InChI=1S/C22H22N2O4S/c1-2-20(25)11-10-17-6-5-7-18(12-17)15-29(26,27)28-22-9-4-3-8-21(22)19-13-23-16-24-14-19/h3-9,12-14,16H,2,10-11,15H2,1H3. The fourth-order valence-electron chi connectivity index (χ4n) is 2.92. The first-order valence-corrected chi connectivity index (χ1v) is 10.9. The van der Waals surface area contributed by atoms with Gasteiger partial charge in [0.25, 0.3) is 0 Å². The molecule has 0 aliphatic heterocycles. The summed E-state index contributed by atoms with van der Waals surface area (Å²) in [6, 6.07) is 14.1. The van der Waals surface area contributed by atoms with E-state index in [1.807, 2.05) is 13.0 Å². The van der Waals surface area contributed by atoms with Crippen LogP contribution in [0.4, 0.5) is 0 Å². The zero-order chi connectivity index (χ0) is 20.7. The van der Waals surface area contributed by atoms with Crippen molar-refractivity contribution in [2.24, 2.45) is 0 Å². The number of benzene rings is 2. The molecule has 150 valence electrons. The van der Waals surface area contributed by atoms with Crippen molar-refractivity contribution in [3.05, 3.63) is 78.4 Å². The zero-order valence-corrected chi connectivity index (χ0v) is 16.9. The first-order valence-electron chi connectivity index (χ1n) is 9.33. The Morgan fingerprint density at radius 2 is 1.72 bits per heavy atom. The van der Waals surface area contributed by atoms with Gasteiger partial charge in [0.05, 0.1) is 0 Å². The number of Topliss-reactive ketones (excluding diaryl/α,β-unsaturated/α-hetero) is 1. The Morgan fingerprint density at radius 3 is 2.48 bits per heavy atom. The molecule has 0 unspecified atom stereocenters. The van der Waals surface area contributed by atoms with E-state index in [1.165, 1.54) is 6.33 Å². The SMILES string of the molecule is CCC(=O)CCc1cccc(CS(=O)(=O)Oc2ccccc2-c2cncnc2)c1. The van der Waals surface area contributed by atoms with E-state index in [-0.39, 0.29) is 17.3 Å². The molecule has 0 fully saturated rings. The number of hydrogen-bond donors (Lipinski definition) is 0. The summed E-state index contributed by atoms with van der Waals surface area (Å²) in [4.78, 5) is 19.5. The second-order valence-electron chi connectivity index (χ2n) is 6.62. The highest BCUT2D eigenvalue weighted by Crippen LogP contribution is 2.30. The number of hydrogen-bond acceptors (Lipinski definition) is 6. The summed E-state index contributed by atoms with van der Waals surface area (Å²) < 4.78 is 30.7. The average Bonchev–Trinajstić information content (AvgIpc) is 2.72. The Kier molecular flexibility index (Phi) is 6.72. The molecule has 3 rings (SSSR count). The van der Waals surface area contributed by atoms with Crippen LogP contribution in [-0.4, -0.2) is 24.2 Å². The van der Waals surface area contributed by atoms with Crippen LogP contribution in [0.25, 0.3) is 11.1 Å². The van der Waals surface area contributed by atoms with Crippen LogP contribution < -0.4 is 4.18 Å². The van der Waals surface area contributed by atoms with E-state index >= 15 is 0 Å². The van der Waals surface area contributed by atoms with Gasteiger partial charge in [-0.1, -0.05) is 49.4 Å². The van der Waals surface area contributed by atoms with Crippen molar-refractivity contribution in [2.75, 3.05) is 0 Å². The third-order valence-corrected chi connectivity index (χ3v) is 5.52. The van der Waals surface area contributed by atoms with Crippen molar-refractivity contribution in [3.63, 3.8) is 0 Å². The fraction of sp³-hybridized carbons (Fsp3) is 0.227. The molecule has 0 saturated carbocycles. The topological polar surface area (TPSA) is 86.2 Å². The molecule has 2 aromatic carbocycles. The summed E-state index contributed by atoms with van der Waals surface area (Å²) in [5.74, 6) is 0.155. The molecule has 0 N–H and O–H groups in total. The minimum absolute atomic E-state index is 0.188. The number of para-hydroxylation sites is 1. The summed E-state index contributed by atoms with van der Waals surface area (Å²) in [6.45, 7) is 1.84. The van der Waals surface area contributed by atoms with Crippen LogP contribution in [0, 0.1) is 0 Å². The summed E-state index contributed by atoms with van der Waals surface area (Å²) in [5.41, 5.74) is 2.82. The van der Waals surface area contributed by atoms with Crippen LogP contribution >= 0.6 is 0 Å². The van der Waals surface area contributed by atoms with Gasteiger partial charge in [-0.25, -0.2) is 9.97 Å². The van der Waals surface area contributed by atoms with Gasteiger partial charge in [-0.2, -0.15) is 8.42 Å². The van der Waals surface area contributed by atoms with Gasteiger partial charge >= 0.3 is 10.1 Å². The Balaban J connectivity index is 1.76. The third-order valence-electron chi connectivity index (χ3n) is 4.40. The van der Waals surface area contributed by atoms with Crippen molar-refractivity contribution in [3.8, 4) is 16.9 Å². The molecular weight excluding hydrogens is 388 g/mol. The highest BCUT2D eigenvalue weighted by Gasteiger charge is 2.17. The van der Waals surface area contributed by atoms with Gasteiger partial charge in [0.1, 0.15) is 17.9 Å². The molecule has 0 aliphatic rings. The maximum atomic E-state index is 12.7. The van der Waals surface area contributed by atoms with Crippen molar-refractivity contribution in [1.29, 1.82) is 0 Å². The van der Waals surface area contributed by atoms with E-state index in [1.54, 1.807) is 54.9 Å². The first kappa shape index (κ1) is 20.7. The predicted octanol–water partition coefficient (Wildman–Crippen LogP) is 3.96. The third kappa shape index (κ3) is 5.96. The van der Waals surface area contributed by atoms with Gasteiger partial charge in [-0.3, -0.25) is 4.79 Å². The predicted molar refractivity (Wildman–Crippen MR) is 111 cm³/mol. The van der Waals surface area contributed by atoms with Crippen LogP contribution in [0.3, 0.4) is 0 Å². The minimum Gasteiger partial charge on any atom is -0.382 e. The molecular formula is C22H22N2O4S. The maximum Gasteiger partial charge on any atom is 0.313 e. The summed E-state index contributed by atoms with van der Waals surface area (Å²) >= 11 is 0. The van der Waals surface area contributed by atoms with Gasteiger partial charge in [-0.05, 0) is 23.6 Å². The second-order valence-corrected chi connectivity index (χ2v) is 8.19. The van der Waals surface area contributed by atoms with Crippen molar-refractivity contribution in [2.45, 2.75) is 31.9 Å². The molecule has 0 radical (unpaired) electrons. The lowest BCUT2D eigenvalue weighted by Crippen LogP contribution is -2.13. The second kappa shape index (κ2) is 9.43. The lowest BCUT2D eigenvalue weighted by molar-refractivity contribution is -0.118. The first-order chi connectivity index (χ1) is 14.0. The number of carbonyl (C=O) groups excluding carboxylic acids is 1. The molecule has 3 aromatic rings.